The van der Waals surface area contributed by atoms with Crippen molar-refractivity contribution in [3.05, 3.63) is 11.1 Å². The first-order chi connectivity index (χ1) is 9.53. The quantitative estimate of drug-likeness (QED) is 0.919. The van der Waals surface area contributed by atoms with Gasteiger partial charge in [-0.05, 0) is 46.0 Å². The smallest absolute Gasteiger partial charge is 0.185 e. The van der Waals surface area contributed by atoms with E-state index >= 15 is 0 Å². The maximum absolute atomic E-state index is 4.87. The van der Waals surface area contributed by atoms with Crippen molar-refractivity contribution in [2.24, 2.45) is 5.92 Å². The van der Waals surface area contributed by atoms with Gasteiger partial charge in [-0.2, -0.15) is 0 Å². The zero-order valence-electron chi connectivity index (χ0n) is 13.0. The second-order valence-corrected chi connectivity index (χ2v) is 8.16. The van der Waals surface area contributed by atoms with Crippen LogP contribution < -0.4 is 10.2 Å². The Hall–Kier alpha value is -0.610. The molecular weight excluding hydrogens is 266 g/mol. The van der Waals surface area contributed by atoms with E-state index in [1.54, 1.807) is 0 Å². The zero-order valence-corrected chi connectivity index (χ0v) is 13.8. The van der Waals surface area contributed by atoms with Crippen LogP contribution in [0.15, 0.2) is 5.38 Å². The molecule has 0 amide bonds. The number of hydrogen-bond acceptors (Lipinski definition) is 4. The number of thiazole rings is 1. The summed E-state index contributed by atoms with van der Waals surface area (Å²) in [5.41, 5.74) is 1.35. The lowest BCUT2D eigenvalue weighted by molar-refractivity contribution is 0.342. The monoisotopic (exact) mass is 293 g/mol. The summed E-state index contributed by atoms with van der Waals surface area (Å²) >= 11 is 1.83. The molecule has 3 nitrogen and oxygen atoms in total. The SMILES string of the molecule is CC(C)(C)NCc1csc(N2CCC3CCCCC32)n1. The van der Waals surface area contributed by atoms with Crippen molar-refractivity contribution in [1.82, 2.24) is 10.3 Å². The molecule has 1 aliphatic heterocycles. The molecule has 4 heteroatoms. The van der Waals surface area contributed by atoms with E-state index in [-0.39, 0.29) is 5.54 Å². The van der Waals surface area contributed by atoms with Gasteiger partial charge in [-0.3, -0.25) is 0 Å². The molecular formula is C16H27N3S. The molecule has 20 heavy (non-hydrogen) atoms. The molecule has 1 aliphatic carbocycles. The Morgan fingerprint density at radius 3 is 2.90 bits per heavy atom. The lowest BCUT2D eigenvalue weighted by Gasteiger charge is -2.31. The molecule has 0 bridgehead atoms. The van der Waals surface area contributed by atoms with Gasteiger partial charge in [-0.15, -0.1) is 11.3 Å². The first kappa shape index (κ1) is 14.3. The number of fused-ring (bicyclic) bond motifs is 1. The molecule has 112 valence electrons. The molecule has 1 saturated carbocycles. The van der Waals surface area contributed by atoms with Gasteiger partial charge in [0.1, 0.15) is 0 Å². The maximum atomic E-state index is 4.87. The van der Waals surface area contributed by atoms with E-state index < -0.39 is 0 Å². The van der Waals surface area contributed by atoms with Crippen LogP contribution in [0.4, 0.5) is 5.13 Å². The van der Waals surface area contributed by atoms with Crippen molar-refractivity contribution in [1.29, 1.82) is 0 Å². The first-order valence-electron chi connectivity index (χ1n) is 7.99. The van der Waals surface area contributed by atoms with E-state index in [4.69, 9.17) is 4.98 Å². The summed E-state index contributed by atoms with van der Waals surface area (Å²) in [4.78, 5) is 7.46. The Kier molecular flexibility index (Phi) is 4.04. The minimum absolute atomic E-state index is 0.159. The summed E-state index contributed by atoms with van der Waals surface area (Å²) in [5.74, 6) is 0.934. The number of nitrogens with zero attached hydrogens (tertiary/aromatic N) is 2. The zero-order chi connectivity index (χ0) is 14.2. The molecule has 2 fully saturated rings. The largest absolute Gasteiger partial charge is 0.345 e. The molecule has 0 aromatic carbocycles. The highest BCUT2D eigenvalue weighted by Crippen LogP contribution is 2.39. The standard InChI is InChI=1S/C16H27N3S/c1-16(2,3)17-10-13-11-20-15(18-13)19-9-8-12-6-4-5-7-14(12)19/h11-12,14,17H,4-10H2,1-3H3. The van der Waals surface area contributed by atoms with Crippen LogP contribution in [0.25, 0.3) is 0 Å². The van der Waals surface area contributed by atoms with Crippen LogP contribution in [0, 0.1) is 5.92 Å². The summed E-state index contributed by atoms with van der Waals surface area (Å²) in [6.07, 6.45) is 7.03. The van der Waals surface area contributed by atoms with Crippen LogP contribution >= 0.6 is 11.3 Å². The second kappa shape index (κ2) is 5.64. The van der Waals surface area contributed by atoms with E-state index in [9.17, 15) is 0 Å². The number of hydrogen-bond donors (Lipinski definition) is 1. The molecule has 2 heterocycles. The number of rotatable bonds is 3. The number of anilines is 1. The van der Waals surface area contributed by atoms with Gasteiger partial charge >= 0.3 is 0 Å². The third-order valence-corrected chi connectivity index (χ3v) is 5.52. The summed E-state index contributed by atoms with van der Waals surface area (Å²) in [6, 6.07) is 0.776. The molecule has 0 spiro atoms. The highest BCUT2D eigenvalue weighted by Gasteiger charge is 2.36. The van der Waals surface area contributed by atoms with Crippen LogP contribution in [0.1, 0.15) is 58.6 Å². The van der Waals surface area contributed by atoms with Crippen LogP contribution in [0.2, 0.25) is 0 Å². The Balaban J connectivity index is 1.64. The molecule has 0 radical (unpaired) electrons. The van der Waals surface area contributed by atoms with Crippen LogP contribution in [0.5, 0.6) is 0 Å². The highest BCUT2D eigenvalue weighted by molar-refractivity contribution is 7.13. The Labute approximate surface area is 126 Å². The van der Waals surface area contributed by atoms with Gasteiger partial charge in [0.2, 0.25) is 0 Å². The Bertz CT molecular complexity index is 449. The van der Waals surface area contributed by atoms with Crippen molar-refractivity contribution >= 4 is 16.5 Å². The van der Waals surface area contributed by atoms with E-state index in [2.05, 4.69) is 36.4 Å². The molecule has 1 aromatic heterocycles. The van der Waals surface area contributed by atoms with Gasteiger partial charge in [0.05, 0.1) is 5.69 Å². The van der Waals surface area contributed by atoms with Crippen LogP contribution in [-0.2, 0) is 6.54 Å². The minimum Gasteiger partial charge on any atom is -0.345 e. The number of nitrogens with one attached hydrogen (secondary N) is 1. The van der Waals surface area contributed by atoms with Gasteiger partial charge in [-0.1, -0.05) is 12.8 Å². The molecule has 1 aromatic rings. The fourth-order valence-corrected chi connectivity index (χ4v) is 4.42. The topological polar surface area (TPSA) is 28.2 Å². The predicted molar refractivity (Wildman–Crippen MR) is 86.4 cm³/mol. The van der Waals surface area contributed by atoms with Gasteiger partial charge in [0, 0.05) is 30.1 Å². The lowest BCUT2D eigenvalue weighted by atomic mass is 9.85. The van der Waals surface area contributed by atoms with Crippen molar-refractivity contribution in [2.75, 3.05) is 11.4 Å². The van der Waals surface area contributed by atoms with E-state index in [0.717, 1.165) is 18.5 Å². The predicted octanol–water partition coefficient (Wildman–Crippen LogP) is 3.80. The fraction of sp³-hybridized carbons (Fsp3) is 0.812. The summed E-state index contributed by atoms with van der Waals surface area (Å²) < 4.78 is 0. The van der Waals surface area contributed by atoms with Crippen LogP contribution in [-0.4, -0.2) is 23.1 Å². The molecule has 2 aliphatic rings. The number of aromatic nitrogens is 1. The van der Waals surface area contributed by atoms with E-state index in [1.807, 2.05) is 11.3 Å². The molecule has 1 saturated heterocycles. The molecule has 1 N–H and O–H groups in total. The summed E-state index contributed by atoms with van der Waals surface area (Å²) in [5, 5.41) is 7.01. The normalized spacial score (nSPS) is 26.9. The van der Waals surface area contributed by atoms with Gasteiger partial charge < -0.3 is 10.2 Å². The van der Waals surface area contributed by atoms with Crippen molar-refractivity contribution in [3.63, 3.8) is 0 Å². The summed E-state index contributed by atoms with van der Waals surface area (Å²) in [7, 11) is 0. The van der Waals surface area contributed by atoms with Crippen LogP contribution in [0.3, 0.4) is 0 Å². The average molecular weight is 293 g/mol. The fourth-order valence-electron chi connectivity index (χ4n) is 3.51. The van der Waals surface area contributed by atoms with E-state index in [0.29, 0.717) is 0 Å². The average Bonchev–Trinajstić information content (AvgIpc) is 3.01. The van der Waals surface area contributed by atoms with Gasteiger partial charge in [0.25, 0.3) is 0 Å². The molecule has 2 unspecified atom stereocenters. The first-order valence-corrected chi connectivity index (χ1v) is 8.87. The lowest BCUT2D eigenvalue weighted by Crippen LogP contribution is -2.35. The maximum Gasteiger partial charge on any atom is 0.185 e. The molecule has 3 rings (SSSR count). The van der Waals surface area contributed by atoms with Crippen molar-refractivity contribution in [2.45, 2.75) is 71.0 Å². The highest BCUT2D eigenvalue weighted by atomic mass is 32.1. The minimum atomic E-state index is 0.159. The van der Waals surface area contributed by atoms with Gasteiger partial charge in [-0.25, -0.2) is 4.98 Å². The van der Waals surface area contributed by atoms with Crippen molar-refractivity contribution in [3.8, 4) is 0 Å². The van der Waals surface area contributed by atoms with E-state index in [1.165, 1.54) is 49.5 Å². The molecule has 2 atom stereocenters. The third-order valence-electron chi connectivity index (χ3n) is 4.60. The Morgan fingerprint density at radius 2 is 2.10 bits per heavy atom. The second-order valence-electron chi connectivity index (χ2n) is 7.32. The third kappa shape index (κ3) is 3.17. The van der Waals surface area contributed by atoms with Gasteiger partial charge in [0.15, 0.2) is 5.13 Å². The Morgan fingerprint density at radius 1 is 1.30 bits per heavy atom. The summed E-state index contributed by atoms with van der Waals surface area (Å²) in [6.45, 7) is 8.70. The van der Waals surface area contributed by atoms with Crippen molar-refractivity contribution < 1.29 is 0 Å².